The van der Waals surface area contributed by atoms with E-state index in [1.807, 2.05) is 0 Å². The maximum absolute atomic E-state index is 14.7. The number of alkyl halides is 1. The van der Waals surface area contributed by atoms with Gasteiger partial charge in [0.2, 0.25) is 0 Å². The molecule has 0 aliphatic rings. The van der Waals surface area contributed by atoms with Gasteiger partial charge in [0.05, 0.1) is 0 Å². The molecular formula is C15H31F. The Bertz CT molecular complexity index is 146. The van der Waals surface area contributed by atoms with Crippen LogP contribution in [0.5, 0.6) is 0 Å². The van der Waals surface area contributed by atoms with Crippen molar-refractivity contribution in [3.63, 3.8) is 0 Å². The predicted octanol–water partition coefficient (Wildman–Crippen LogP) is 5.18. The first-order valence-electron chi connectivity index (χ1n) is 6.84. The number of rotatable bonds is 6. The second-order valence-electron chi connectivity index (χ2n) is 6.58. The molecule has 0 saturated heterocycles. The Morgan fingerprint density at radius 3 is 0.812 bits per heavy atom. The summed E-state index contributed by atoms with van der Waals surface area (Å²) < 4.78 is 14.7. The molecule has 0 atom stereocenters. The molecule has 0 radical (unpaired) electrons. The van der Waals surface area contributed by atoms with E-state index in [2.05, 4.69) is 55.4 Å². The van der Waals surface area contributed by atoms with Crippen molar-refractivity contribution < 1.29 is 4.39 Å². The average Bonchev–Trinajstić information content (AvgIpc) is 1.99. The van der Waals surface area contributed by atoms with Gasteiger partial charge in [-0.2, -0.15) is 0 Å². The highest BCUT2D eigenvalue weighted by Crippen LogP contribution is 2.37. The minimum absolute atomic E-state index is 0.190. The van der Waals surface area contributed by atoms with Crippen molar-refractivity contribution in [2.24, 2.45) is 35.5 Å². The molecule has 0 nitrogen and oxygen atoms in total. The quantitative estimate of drug-likeness (QED) is 0.589. The second kappa shape index (κ2) is 6.61. The Hall–Kier alpha value is -0.0700. The van der Waals surface area contributed by atoms with Crippen LogP contribution in [0.2, 0.25) is 0 Å². The van der Waals surface area contributed by atoms with Gasteiger partial charge in [-0.25, -0.2) is 4.39 Å². The molecule has 0 rings (SSSR count). The number of halogens is 1. The summed E-state index contributed by atoms with van der Waals surface area (Å²) in [5.41, 5.74) is 0. The number of hydrogen-bond acceptors (Lipinski definition) is 0. The van der Waals surface area contributed by atoms with Gasteiger partial charge in [-0.05, 0) is 35.5 Å². The van der Waals surface area contributed by atoms with E-state index in [1.54, 1.807) is 0 Å². The van der Waals surface area contributed by atoms with Crippen LogP contribution in [0, 0.1) is 35.5 Å². The maximum atomic E-state index is 14.7. The molecule has 98 valence electrons. The Morgan fingerprint density at radius 1 is 0.500 bits per heavy atom. The van der Waals surface area contributed by atoms with Crippen LogP contribution in [-0.2, 0) is 0 Å². The van der Waals surface area contributed by atoms with Crippen LogP contribution in [0.25, 0.3) is 0 Å². The molecule has 0 aromatic carbocycles. The molecule has 0 spiro atoms. The lowest BCUT2D eigenvalue weighted by Gasteiger charge is -2.37. The van der Waals surface area contributed by atoms with Gasteiger partial charge in [-0.15, -0.1) is 0 Å². The van der Waals surface area contributed by atoms with Crippen LogP contribution < -0.4 is 0 Å². The van der Waals surface area contributed by atoms with Crippen LogP contribution >= 0.6 is 0 Å². The van der Waals surface area contributed by atoms with E-state index in [0.717, 1.165) is 0 Å². The summed E-state index contributed by atoms with van der Waals surface area (Å²) in [6.07, 6.45) is -0.667. The molecule has 0 amide bonds. The first-order valence-corrected chi connectivity index (χ1v) is 6.84. The van der Waals surface area contributed by atoms with E-state index in [1.165, 1.54) is 0 Å². The van der Waals surface area contributed by atoms with Crippen LogP contribution in [0.4, 0.5) is 4.39 Å². The van der Waals surface area contributed by atoms with E-state index in [0.29, 0.717) is 23.7 Å². The molecular weight excluding hydrogens is 199 g/mol. The summed E-state index contributed by atoms with van der Waals surface area (Å²) in [4.78, 5) is 0. The monoisotopic (exact) mass is 230 g/mol. The third-order valence-corrected chi connectivity index (χ3v) is 3.81. The zero-order valence-electron chi connectivity index (χ0n) is 12.4. The highest BCUT2D eigenvalue weighted by Gasteiger charge is 2.36. The fraction of sp³-hybridized carbons (Fsp3) is 1.00. The van der Waals surface area contributed by atoms with E-state index < -0.39 is 6.17 Å². The Labute approximate surface area is 102 Å². The normalized spacial score (nSPS) is 13.5. The molecule has 0 aromatic heterocycles. The minimum Gasteiger partial charge on any atom is -0.247 e. The first-order chi connectivity index (χ1) is 7.20. The summed E-state index contributed by atoms with van der Waals surface area (Å²) in [5, 5.41) is 0. The zero-order chi connectivity index (χ0) is 13.0. The van der Waals surface area contributed by atoms with Crippen LogP contribution in [0.1, 0.15) is 55.4 Å². The maximum Gasteiger partial charge on any atom is 0.107 e. The SMILES string of the molecule is CC(C)C(C(C)C)C(F)C(C(C)C)C(C)C. The molecule has 0 heterocycles. The lowest BCUT2D eigenvalue weighted by atomic mass is 9.71. The zero-order valence-corrected chi connectivity index (χ0v) is 12.4. The van der Waals surface area contributed by atoms with E-state index >= 15 is 0 Å². The summed E-state index contributed by atoms with van der Waals surface area (Å²) in [6, 6.07) is 0. The fourth-order valence-corrected chi connectivity index (χ4v) is 3.27. The molecule has 16 heavy (non-hydrogen) atoms. The molecule has 0 fully saturated rings. The first kappa shape index (κ1) is 15.9. The molecule has 0 saturated carbocycles. The standard InChI is InChI=1S/C15H31F/c1-9(2)13(10(3)4)15(16)14(11(5)6)12(7)8/h9-15H,1-8H3. The van der Waals surface area contributed by atoms with Crippen molar-refractivity contribution in [3.8, 4) is 0 Å². The van der Waals surface area contributed by atoms with E-state index in [-0.39, 0.29) is 11.8 Å². The molecule has 0 aromatic rings. The van der Waals surface area contributed by atoms with Gasteiger partial charge in [-0.3, -0.25) is 0 Å². The van der Waals surface area contributed by atoms with Gasteiger partial charge in [0, 0.05) is 0 Å². The largest absolute Gasteiger partial charge is 0.247 e. The third-order valence-electron chi connectivity index (χ3n) is 3.81. The van der Waals surface area contributed by atoms with Gasteiger partial charge in [0.25, 0.3) is 0 Å². The van der Waals surface area contributed by atoms with Crippen molar-refractivity contribution in [3.05, 3.63) is 0 Å². The van der Waals surface area contributed by atoms with Gasteiger partial charge < -0.3 is 0 Å². The number of hydrogen-bond donors (Lipinski definition) is 0. The van der Waals surface area contributed by atoms with Crippen LogP contribution in [0.3, 0.4) is 0 Å². The lowest BCUT2D eigenvalue weighted by molar-refractivity contribution is 0.0379. The van der Waals surface area contributed by atoms with Crippen molar-refractivity contribution in [1.82, 2.24) is 0 Å². The lowest BCUT2D eigenvalue weighted by Crippen LogP contribution is -2.37. The predicted molar refractivity (Wildman–Crippen MR) is 71.2 cm³/mol. The van der Waals surface area contributed by atoms with Gasteiger partial charge in [0.1, 0.15) is 6.17 Å². The molecule has 0 N–H and O–H groups in total. The topological polar surface area (TPSA) is 0 Å². The summed E-state index contributed by atoms with van der Waals surface area (Å²) in [5.74, 6) is 2.08. The van der Waals surface area contributed by atoms with Gasteiger partial charge in [0.15, 0.2) is 0 Å². The average molecular weight is 230 g/mol. The summed E-state index contributed by atoms with van der Waals surface area (Å²) in [7, 11) is 0. The highest BCUT2D eigenvalue weighted by molar-refractivity contribution is 4.84. The Kier molecular flexibility index (Phi) is 6.58. The van der Waals surface area contributed by atoms with E-state index in [9.17, 15) is 4.39 Å². The molecule has 1 heteroatoms. The minimum atomic E-state index is -0.667. The molecule has 0 bridgehead atoms. The Balaban J connectivity index is 4.88. The van der Waals surface area contributed by atoms with Gasteiger partial charge >= 0.3 is 0 Å². The Morgan fingerprint density at radius 2 is 0.688 bits per heavy atom. The van der Waals surface area contributed by atoms with Crippen molar-refractivity contribution in [2.75, 3.05) is 0 Å². The fourth-order valence-electron chi connectivity index (χ4n) is 3.27. The third kappa shape index (κ3) is 4.07. The smallest absolute Gasteiger partial charge is 0.107 e. The van der Waals surface area contributed by atoms with Crippen molar-refractivity contribution in [2.45, 2.75) is 61.6 Å². The molecule has 0 aliphatic heterocycles. The van der Waals surface area contributed by atoms with Crippen LogP contribution in [0.15, 0.2) is 0 Å². The van der Waals surface area contributed by atoms with Gasteiger partial charge in [-0.1, -0.05) is 55.4 Å². The summed E-state index contributed by atoms with van der Waals surface area (Å²) in [6.45, 7) is 17.2. The van der Waals surface area contributed by atoms with Crippen molar-refractivity contribution in [1.29, 1.82) is 0 Å². The highest BCUT2D eigenvalue weighted by atomic mass is 19.1. The van der Waals surface area contributed by atoms with E-state index in [4.69, 9.17) is 0 Å². The van der Waals surface area contributed by atoms with Crippen LogP contribution in [-0.4, -0.2) is 6.17 Å². The second-order valence-corrected chi connectivity index (χ2v) is 6.58. The van der Waals surface area contributed by atoms with Crippen molar-refractivity contribution >= 4 is 0 Å². The molecule has 0 unspecified atom stereocenters. The summed E-state index contributed by atoms with van der Waals surface area (Å²) >= 11 is 0. The molecule has 0 aliphatic carbocycles.